The van der Waals surface area contributed by atoms with E-state index in [0.29, 0.717) is 41.0 Å². The van der Waals surface area contributed by atoms with E-state index in [1.165, 1.54) is 0 Å². The highest BCUT2D eigenvalue weighted by atomic mass is 35.5. The van der Waals surface area contributed by atoms with Crippen LogP contribution in [0.3, 0.4) is 0 Å². The normalized spacial score (nSPS) is 29.2. The molecule has 4 unspecified atom stereocenters. The van der Waals surface area contributed by atoms with Crippen molar-refractivity contribution in [2.45, 2.75) is 69.6 Å². The van der Waals surface area contributed by atoms with Gasteiger partial charge in [-0.2, -0.15) is 0 Å². The van der Waals surface area contributed by atoms with E-state index in [-0.39, 0.29) is 28.9 Å². The fourth-order valence-electron chi connectivity index (χ4n) is 6.58. The van der Waals surface area contributed by atoms with Crippen LogP contribution in [0, 0.1) is 11.3 Å². The lowest BCUT2D eigenvalue weighted by molar-refractivity contribution is -0.0370. The zero-order valence-electron chi connectivity index (χ0n) is 22.3. The van der Waals surface area contributed by atoms with Crippen LogP contribution in [-0.2, 0) is 14.8 Å². The number of fused-ring (bicyclic) bond motifs is 1. The van der Waals surface area contributed by atoms with Crippen LogP contribution in [0.1, 0.15) is 63.3 Å². The Kier molecular flexibility index (Phi) is 7.31. The molecule has 39 heavy (non-hydrogen) atoms. The van der Waals surface area contributed by atoms with Crippen LogP contribution in [0.2, 0.25) is 10.0 Å². The summed E-state index contributed by atoms with van der Waals surface area (Å²) in [6, 6.07) is 0.444. The molecule has 10 nitrogen and oxygen atoms in total. The number of pyridine rings is 1. The van der Waals surface area contributed by atoms with Crippen LogP contribution in [0.25, 0.3) is 0 Å². The van der Waals surface area contributed by atoms with Gasteiger partial charge in [0.2, 0.25) is 16.0 Å². The molecular weight excluding hydrogens is 561 g/mol. The molecule has 3 saturated heterocycles. The van der Waals surface area contributed by atoms with Crippen molar-refractivity contribution >= 4 is 39.2 Å². The Hall–Kier alpha value is -1.60. The van der Waals surface area contributed by atoms with Gasteiger partial charge in [-0.1, -0.05) is 23.2 Å². The number of aromatic nitrogens is 3. The fraction of sp³-hybridized carbons (Fsp3) is 0.654. The predicted molar refractivity (Wildman–Crippen MR) is 150 cm³/mol. The lowest BCUT2D eigenvalue weighted by Gasteiger charge is -2.59. The summed E-state index contributed by atoms with van der Waals surface area (Å²) >= 11 is 12.7. The summed E-state index contributed by atoms with van der Waals surface area (Å²) in [5.41, 5.74) is 8.79. The van der Waals surface area contributed by atoms with Crippen molar-refractivity contribution in [2.24, 2.45) is 11.3 Å². The number of hydrogen-bond acceptors (Lipinski definition) is 9. The highest BCUT2D eigenvalue weighted by Gasteiger charge is 2.56. The van der Waals surface area contributed by atoms with Crippen molar-refractivity contribution in [2.75, 3.05) is 31.1 Å². The first kappa shape index (κ1) is 27.6. The topological polar surface area (TPSA) is 113 Å². The summed E-state index contributed by atoms with van der Waals surface area (Å²) in [6.07, 6.45) is 9.73. The maximum absolute atomic E-state index is 12.4. The number of rotatable bonds is 7. The van der Waals surface area contributed by atoms with Crippen LogP contribution in [0.15, 0.2) is 24.8 Å². The van der Waals surface area contributed by atoms with E-state index in [0.717, 1.165) is 43.5 Å². The maximum Gasteiger partial charge on any atom is 0.225 e. The molecule has 2 N–H and O–H groups in total. The molecule has 0 bridgehead atoms. The minimum absolute atomic E-state index is 0.0348. The van der Waals surface area contributed by atoms with Gasteiger partial charge in [-0.25, -0.2) is 28.1 Å². The van der Waals surface area contributed by atoms with Crippen molar-refractivity contribution in [1.29, 1.82) is 0 Å². The quantitative estimate of drug-likeness (QED) is 0.496. The molecule has 5 heterocycles. The van der Waals surface area contributed by atoms with E-state index in [1.54, 1.807) is 30.5 Å². The molecule has 1 aliphatic carbocycles. The number of ether oxygens (including phenoxy) is 1. The molecule has 1 spiro atoms. The van der Waals surface area contributed by atoms with E-state index >= 15 is 0 Å². The number of nitrogens with zero attached hydrogens (tertiary/aromatic N) is 5. The number of anilines is 1. The first-order valence-electron chi connectivity index (χ1n) is 13.6. The standard InChI is InChI=1S/C26H35Cl2N7O3S/c1-15(2)39(36,37)35-13-26(14-35)11-34(12-26)25-30-7-17(8-31-25)24-19-6-18(4-5-22(19)32-33-24)38-16(3)23-20(27)9-29-10-21(23)28/h7-10,15-16,18-19,22,24,32-33H,4-6,11-14H2,1-3H3/t16-,18?,19?,22?,24?/m1/s1. The highest BCUT2D eigenvalue weighted by molar-refractivity contribution is 7.89. The zero-order chi connectivity index (χ0) is 27.5. The number of nitrogens with one attached hydrogen (secondary N) is 2. The summed E-state index contributed by atoms with van der Waals surface area (Å²) < 4.78 is 32.8. The van der Waals surface area contributed by atoms with Crippen molar-refractivity contribution in [3.63, 3.8) is 0 Å². The van der Waals surface area contributed by atoms with Gasteiger partial charge in [0.15, 0.2) is 0 Å². The lowest BCUT2D eigenvalue weighted by Crippen LogP contribution is -2.73. The smallest absolute Gasteiger partial charge is 0.225 e. The van der Waals surface area contributed by atoms with Crippen molar-refractivity contribution in [3.05, 3.63) is 46.0 Å². The summed E-state index contributed by atoms with van der Waals surface area (Å²) in [7, 11) is -3.18. The molecule has 0 aromatic carbocycles. The Morgan fingerprint density at radius 1 is 1.00 bits per heavy atom. The average Bonchev–Trinajstić information content (AvgIpc) is 3.25. The van der Waals surface area contributed by atoms with Crippen LogP contribution in [0.4, 0.5) is 5.95 Å². The summed E-state index contributed by atoms with van der Waals surface area (Å²) in [4.78, 5) is 15.5. The molecule has 1 saturated carbocycles. The largest absolute Gasteiger partial charge is 0.370 e. The minimum Gasteiger partial charge on any atom is -0.370 e. The van der Waals surface area contributed by atoms with Gasteiger partial charge in [-0.15, -0.1) is 0 Å². The van der Waals surface area contributed by atoms with Gasteiger partial charge in [0.05, 0.1) is 33.5 Å². The second-order valence-electron chi connectivity index (χ2n) is 11.8. The van der Waals surface area contributed by atoms with Gasteiger partial charge in [-0.3, -0.25) is 10.4 Å². The summed E-state index contributed by atoms with van der Waals surface area (Å²) in [5.74, 6) is 1.03. The molecule has 4 fully saturated rings. The SMILES string of the molecule is CC(C)S(=O)(=O)N1CC2(CN(c3ncc(C4NNC5CCC(O[C@H](C)c6c(Cl)cncc6Cl)CC54)cn3)C2)C1. The predicted octanol–water partition coefficient (Wildman–Crippen LogP) is 3.50. The average molecular weight is 597 g/mol. The van der Waals surface area contributed by atoms with Gasteiger partial charge in [0, 0.05) is 73.6 Å². The van der Waals surface area contributed by atoms with Crippen LogP contribution < -0.4 is 15.8 Å². The molecule has 6 rings (SSSR count). The third-order valence-corrected chi connectivity index (χ3v) is 11.5. The zero-order valence-corrected chi connectivity index (χ0v) is 24.7. The fourth-order valence-corrected chi connectivity index (χ4v) is 8.75. The highest BCUT2D eigenvalue weighted by Crippen LogP contribution is 2.44. The Balaban J connectivity index is 1.05. The first-order chi connectivity index (χ1) is 18.6. The Labute approximate surface area is 239 Å². The molecule has 4 aliphatic rings. The van der Waals surface area contributed by atoms with Crippen LogP contribution in [-0.4, -0.2) is 71.2 Å². The number of sulfonamides is 1. The van der Waals surface area contributed by atoms with Crippen LogP contribution >= 0.6 is 23.2 Å². The molecule has 5 atom stereocenters. The lowest BCUT2D eigenvalue weighted by atomic mass is 9.74. The van der Waals surface area contributed by atoms with Crippen molar-refractivity contribution in [1.82, 2.24) is 30.1 Å². The van der Waals surface area contributed by atoms with Crippen LogP contribution in [0.5, 0.6) is 0 Å². The second-order valence-corrected chi connectivity index (χ2v) is 15.1. The third-order valence-electron chi connectivity index (χ3n) is 8.73. The molecule has 2 aromatic rings. The molecule has 3 aliphatic heterocycles. The number of hydrazine groups is 1. The monoisotopic (exact) mass is 595 g/mol. The van der Waals surface area contributed by atoms with E-state index in [4.69, 9.17) is 27.9 Å². The van der Waals surface area contributed by atoms with Gasteiger partial charge >= 0.3 is 0 Å². The Bertz CT molecular complexity index is 1300. The second kappa shape index (κ2) is 10.3. The molecule has 0 amide bonds. The number of halogens is 2. The maximum atomic E-state index is 12.4. The first-order valence-corrected chi connectivity index (χ1v) is 15.8. The van der Waals surface area contributed by atoms with E-state index < -0.39 is 10.0 Å². The molecule has 212 valence electrons. The molecule has 2 aromatic heterocycles. The molecule has 13 heteroatoms. The Morgan fingerprint density at radius 2 is 1.67 bits per heavy atom. The van der Waals surface area contributed by atoms with E-state index in [2.05, 4.69) is 30.7 Å². The summed E-state index contributed by atoms with van der Waals surface area (Å²) in [6.45, 7) is 8.19. The molecule has 0 radical (unpaired) electrons. The molecular formula is C26H35Cl2N7O3S. The van der Waals surface area contributed by atoms with Crippen molar-refractivity contribution < 1.29 is 13.2 Å². The van der Waals surface area contributed by atoms with Crippen molar-refractivity contribution in [3.8, 4) is 0 Å². The summed E-state index contributed by atoms with van der Waals surface area (Å²) in [5, 5.41) is 0.658. The van der Waals surface area contributed by atoms with E-state index in [9.17, 15) is 8.42 Å². The van der Waals surface area contributed by atoms with Gasteiger partial charge < -0.3 is 9.64 Å². The third kappa shape index (κ3) is 5.05. The Morgan fingerprint density at radius 3 is 2.31 bits per heavy atom. The van der Waals surface area contributed by atoms with Gasteiger partial charge in [-0.05, 0) is 46.0 Å². The minimum atomic E-state index is -3.18. The van der Waals surface area contributed by atoms with Gasteiger partial charge in [0.1, 0.15) is 0 Å². The van der Waals surface area contributed by atoms with E-state index in [1.807, 2.05) is 19.3 Å². The van der Waals surface area contributed by atoms with Gasteiger partial charge in [0.25, 0.3) is 0 Å². The number of hydrogen-bond donors (Lipinski definition) is 2.